The third-order valence-electron chi connectivity index (χ3n) is 2.96. The zero-order valence-corrected chi connectivity index (χ0v) is 11.1. The summed E-state index contributed by atoms with van der Waals surface area (Å²) in [6.45, 7) is 1.91. The van der Waals surface area contributed by atoms with Crippen LogP contribution in [0.15, 0.2) is 0 Å². The lowest BCUT2D eigenvalue weighted by atomic mass is 9.90. The van der Waals surface area contributed by atoms with Gasteiger partial charge in [0.05, 0.1) is 25.6 Å². The van der Waals surface area contributed by atoms with Gasteiger partial charge in [0.15, 0.2) is 0 Å². The Labute approximate surface area is 104 Å². The molecule has 102 valence electrons. The average molecular weight is 265 g/mol. The summed E-state index contributed by atoms with van der Waals surface area (Å²) in [5.41, 5.74) is 0. The molecule has 0 atom stereocenters. The van der Waals surface area contributed by atoms with Crippen molar-refractivity contribution in [1.29, 1.82) is 0 Å². The van der Waals surface area contributed by atoms with Crippen molar-refractivity contribution in [2.24, 2.45) is 11.1 Å². The van der Waals surface area contributed by atoms with Crippen LogP contribution in [0.3, 0.4) is 0 Å². The van der Waals surface area contributed by atoms with Crippen molar-refractivity contribution in [2.75, 3.05) is 32.2 Å². The third-order valence-corrected chi connectivity index (χ3v) is 3.70. The van der Waals surface area contributed by atoms with Crippen LogP contribution >= 0.6 is 0 Å². The van der Waals surface area contributed by atoms with Crippen molar-refractivity contribution in [2.45, 2.75) is 32.1 Å². The predicted octanol–water partition coefficient (Wildman–Crippen LogP) is 0.888. The molecule has 0 saturated heterocycles. The zero-order valence-electron chi connectivity index (χ0n) is 10.3. The fraction of sp³-hybridized carbons (Fsp3) is 1.00. The van der Waals surface area contributed by atoms with Gasteiger partial charge in [0.2, 0.25) is 10.0 Å². The molecule has 5 nitrogen and oxygen atoms in total. The van der Waals surface area contributed by atoms with Crippen molar-refractivity contribution in [1.82, 2.24) is 0 Å². The van der Waals surface area contributed by atoms with E-state index < -0.39 is 10.0 Å². The van der Waals surface area contributed by atoms with Gasteiger partial charge in [-0.2, -0.15) is 0 Å². The molecule has 1 rings (SSSR count). The molecule has 1 saturated carbocycles. The van der Waals surface area contributed by atoms with E-state index in [9.17, 15) is 8.42 Å². The molecule has 0 aliphatic heterocycles. The summed E-state index contributed by atoms with van der Waals surface area (Å²) in [7, 11) is -3.40. The van der Waals surface area contributed by atoms with Crippen LogP contribution in [0, 0.1) is 5.92 Å². The Bertz CT molecular complexity index is 286. The normalized spacial score (nSPS) is 18.4. The van der Waals surface area contributed by atoms with Gasteiger partial charge in [-0.05, 0) is 18.8 Å². The van der Waals surface area contributed by atoms with Gasteiger partial charge >= 0.3 is 0 Å². The number of hydrogen-bond donors (Lipinski definition) is 1. The lowest BCUT2D eigenvalue weighted by Gasteiger charge is -2.21. The summed E-state index contributed by atoms with van der Waals surface area (Å²) >= 11 is 0. The number of primary sulfonamides is 1. The number of nitrogens with two attached hydrogens (primary N) is 1. The minimum absolute atomic E-state index is 0.129. The van der Waals surface area contributed by atoms with Crippen LogP contribution < -0.4 is 5.14 Å². The molecule has 0 radical (unpaired) electrons. The first-order chi connectivity index (χ1) is 8.08. The van der Waals surface area contributed by atoms with E-state index in [0.29, 0.717) is 19.1 Å². The standard InChI is InChI=1S/C11H23NO4S/c12-17(13,14)9-8-15-6-7-16-10-11-4-2-1-3-5-11/h11H,1-10H2,(H2,12,13,14). The molecule has 0 aromatic rings. The van der Waals surface area contributed by atoms with Gasteiger partial charge in [-0.3, -0.25) is 0 Å². The molecule has 0 heterocycles. The molecular formula is C11H23NO4S. The van der Waals surface area contributed by atoms with Crippen molar-refractivity contribution < 1.29 is 17.9 Å². The second-order valence-electron chi connectivity index (χ2n) is 4.56. The van der Waals surface area contributed by atoms with Crippen LogP contribution in [0.5, 0.6) is 0 Å². The van der Waals surface area contributed by atoms with Crippen molar-refractivity contribution in [3.05, 3.63) is 0 Å². The van der Waals surface area contributed by atoms with Crippen LogP contribution in [0.2, 0.25) is 0 Å². The van der Waals surface area contributed by atoms with Crippen LogP contribution in [-0.2, 0) is 19.5 Å². The maximum Gasteiger partial charge on any atom is 0.211 e. The maximum atomic E-state index is 10.6. The van der Waals surface area contributed by atoms with E-state index in [4.69, 9.17) is 14.6 Å². The highest BCUT2D eigenvalue weighted by atomic mass is 32.2. The van der Waals surface area contributed by atoms with Crippen molar-refractivity contribution in [3.63, 3.8) is 0 Å². The largest absolute Gasteiger partial charge is 0.379 e. The van der Waals surface area contributed by atoms with Crippen LogP contribution in [0.25, 0.3) is 0 Å². The lowest BCUT2D eigenvalue weighted by molar-refractivity contribution is 0.0319. The average Bonchev–Trinajstić information content (AvgIpc) is 2.28. The number of hydrogen-bond acceptors (Lipinski definition) is 4. The summed E-state index contributed by atoms with van der Waals surface area (Å²) in [5, 5.41) is 4.83. The summed E-state index contributed by atoms with van der Waals surface area (Å²) in [5.74, 6) is 0.573. The van der Waals surface area contributed by atoms with E-state index in [1.165, 1.54) is 32.1 Å². The smallest absolute Gasteiger partial charge is 0.211 e. The quantitative estimate of drug-likeness (QED) is 0.661. The Kier molecular flexibility index (Phi) is 7.03. The maximum absolute atomic E-state index is 10.6. The SMILES string of the molecule is NS(=O)(=O)CCOCCOCC1CCCCC1. The van der Waals surface area contributed by atoms with E-state index in [-0.39, 0.29) is 12.4 Å². The predicted molar refractivity (Wildman–Crippen MR) is 66.2 cm³/mol. The Morgan fingerprint density at radius 3 is 2.29 bits per heavy atom. The lowest BCUT2D eigenvalue weighted by Crippen LogP contribution is -2.21. The second kappa shape index (κ2) is 8.02. The molecule has 0 aromatic heterocycles. The fourth-order valence-electron chi connectivity index (χ4n) is 2.00. The highest BCUT2D eigenvalue weighted by Crippen LogP contribution is 2.23. The molecule has 0 aromatic carbocycles. The number of sulfonamides is 1. The molecule has 2 N–H and O–H groups in total. The monoisotopic (exact) mass is 265 g/mol. The Hall–Kier alpha value is -0.170. The molecule has 1 aliphatic rings. The second-order valence-corrected chi connectivity index (χ2v) is 6.29. The van der Waals surface area contributed by atoms with E-state index in [1.54, 1.807) is 0 Å². The molecule has 1 fully saturated rings. The van der Waals surface area contributed by atoms with E-state index >= 15 is 0 Å². The molecule has 6 heteroatoms. The van der Waals surface area contributed by atoms with Crippen LogP contribution in [-0.4, -0.2) is 40.6 Å². The molecule has 17 heavy (non-hydrogen) atoms. The van der Waals surface area contributed by atoms with Gasteiger partial charge < -0.3 is 9.47 Å². The van der Waals surface area contributed by atoms with Gasteiger partial charge in [-0.25, -0.2) is 13.6 Å². The minimum atomic E-state index is -3.40. The first kappa shape index (κ1) is 14.9. The first-order valence-corrected chi connectivity index (χ1v) is 7.95. The summed E-state index contributed by atoms with van der Waals surface area (Å²) in [6, 6.07) is 0. The molecular weight excluding hydrogens is 242 g/mol. The highest BCUT2D eigenvalue weighted by Gasteiger charge is 2.12. The molecule has 0 unspecified atom stereocenters. The summed E-state index contributed by atoms with van der Waals surface area (Å²) < 4.78 is 31.8. The Balaban J connectivity index is 1.87. The van der Waals surface area contributed by atoms with Crippen molar-refractivity contribution >= 4 is 10.0 Å². The van der Waals surface area contributed by atoms with Gasteiger partial charge in [-0.15, -0.1) is 0 Å². The Morgan fingerprint density at radius 2 is 1.65 bits per heavy atom. The highest BCUT2D eigenvalue weighted by molar-refractivity contribution is 7.89. The van der Waals surface area contributed by atoms with Gasteiger partial charge in [0, 0.05) is 6.61 Å². The van der Waals surface area contributed by atoms with Crippen molar-refractivity contribution in [3.8, 4) is 0 Å². The summed E-state index contributed by atoms with van der Waals surface area (Å²) in [4.78, 5) is 0. The number of ether oxygens (including phenoxy) is 2. The van der Waals surface area contributed by atoms with Crippen LogP contribution in [0.4, 0.5) is 0 Å². The van der Waals surface area contributed by atoms with Crippen LogP contribution in [0.1, 0.15) is 32.1 Å². The molecule has 0 bridgehead atoms. The van der Waals surface area contributed by atoms with Gasteiger partial charge in [0.1, 0.15) is 0 Å². The fourth-order valence-corrected chi connectivity index (χ4v) is 2.35. The summed E-state index contributed by atoms with van der Waals surface area (Å²) in [6.07, 6.45) is 6.53. The Morgan fingerprint density at radius 1 is 1.00 bits per heavy atom. The zero-order chi connectivity index (χ0) is 12.6. The third kappa shape index (κ3) is 8.54. The minimum Gasteiger partial charge on any atom is -0.379 e. The van der Waals surface area contributed by atoms with E-state index in [1.807, 2.05) is 0 Å². The topological polar surface area (TPSA) is 78.6 Å². The molecule has 1 aliphatic carbocycles. The van der Waals surface area contributed by atoms with Gasteiger partial charge in [0.25, 0.3) is 0 Å². The molecule has 0 amide bonds. The van der Waals surface area contributed by atoms with E-state index in [2.05, 4.69) is 0 Å². The number of rotatable bonds is 8. The van der Waals surface area contributed by atoms with Gasteiger partial charge in [-0.1, -0.05) is 19.3 Å². The molecule has 0 spiro atoms. The van der Waals surface area contributed by atoms with E-state index in [0.717, 1.165) is 6.61 Å². The first-order valence-electron chi connectivity index (χ1n) is 6.24.